The fourth-order valence-corrected chi connectivity index (χ4v) is 10.9. The van der Waals surface area contributed by atoms with E-state index >= 15 is 0 Å². The Morgan fingerprint density at radius 3 is 2.14 bits per heavy atom. The molecular weight excluding hydrogens is 440 g/mol. The van der Waals surface area contributed by atoms with E-state index in [1.807, 2.05) is 6.92 Å². The fraction of sp³-hybridized carbons (Fsp3) is 0.900. The van der Waals surface area contributed by atoms with Gasteiger partial charge >= 0.3 is 5.97 Å². The van der Waals surface area contributed by atoms with Crippen molar-refractivity contribution in [3.8, 4) is 0 Å². The minimum absolute atomic E-state index is 0.00931. The van der Waals surface area contributed by atoms with Gasteiger partial charge in [-0.15, -0.1) is 0 Å². The zero-order valence-electron chi connectivity index (χ0n) is 22.9. The molecule has 0 radical (unpaired) electrons. The first-order chi connectivity index (χ1) is 16.0. The second-order valence-electron chi connectivity index (χ2n) is 14.8. The van der Waals surface area contributed by atoms with E-state index in [0.717, 1.165) is 37.7 Å². The van der Waals surface area contributed by atoms with Crippen LogP contribution in [0, 0.1) is 44.8 Å². The molecule has 4 saturated carbocycles. The van der Waals surface area contributed by atoms with Crippen molar-refractivity contribution in [1.29, 1.82) is 0 Å². The topological polar surface area (TPSA) is 98.0 Å². The molecule has 0 heterocycles. The van der Waals surface area contributed by atoms with Crippen LogP contribution >= 0.6 is 0 Å². The lowest BCUT2D eigenvalue weighted by Gasteiger charge is -2.71. The molecule has 0 aromatic carbocycles. The molecule has 0 aliphatic heterocycles. The third-order valence-corrected chi connectivity index (χ3v) is 13.3. The van der Waals surface area contributed by atoms with Crippen molar-refractivity contribution >= 4 is 5.97 Å². The predicted molar refractivity (Wildman–Crippen MR) is 136 cm³/mol. The molecule has 4 fully saturated rings. The summed E-state index contributed by atoms with van der Waals surface area (Å²) < 4.78 is 0. The summed E-state index contributed by atoms with van der Waals surface area (Å²) >= 11 is 0. The summed E-state index contributed by atoms with van der Waals surface area (Å²) in [4.78, 5) is 12.8. The molecule has 10 atom stereocenters. The van der Waals surface area contributed by atoms with Crippen molar-refractivity contribution in [2.45, 2.75) is 124 Å². The molecule has 198 valence electrons. The second-order valence-corrected chi connectivity index (χ2v) is 14.8. The molecule has 0 spiro atoms. The van der Waals surface area contributed by atoms with Crippen LogP contribution in [0.4, 0.5) is 0 Å². The van der Waals surface area contributed by atoms with Crippen molar-refractivity contribution < 1.29 is 25.2 Å². The minimum atomic E-state index is -0.880. The van der Waals surface area contributed by atoms with Crippen molar-refractivity contribution in [3.05, 3.63) is 11.1 Å². The zero-order chi connectivity index (χ0) is 26.0. The zero-order valence-corrected chi connectivity index (χ0v) is 22.9. The second kappa shape index (κ2) is 7.35. The third kappa shape index (κ3) is 2.95. The van der Waals surface area contributed by atoms with Gasteiger partial charge in [0.2, 0.25) is 0 Å². The Bertz CT molecular complexity index is 966. The van der Waals surface area contributed by atoms with E-state index in [0.29, 0.717) is 37.5 Å². The maximum Gasteiger partial charge on any atom is 0.313 e. The Morgan fingerprint density at radius 2 is 1.51 bits per heavy atom. The third-order valence-electron chi connectivity index (χ3n) is 13.3. The molecule has 0 saturated heterocycles. The van der Waals surface area contributed by atoms with Crippen LogP contribution in [0.2, 0.25) is 0 Å². The van der Waals surface area contributed by atoms with Crippen LogP contribution in [0.3, 0.4) is 0 Å². The van der Waals surface area contributed by atoms with Gasteiger partial charge in [0.05, 0.1) is 23.2 Å². The summed E-state index contributed by atoms with van der Waals surface area (Å²) in [5, 5.41) is 43.7. The summed E-state index contributed by atoms with van der Waals surface area (Å²) in [6, 6.07) is 0. The van der Waals surface area contributed by atoms with Gasteiger partial charge in [-0.3, -0.25) is 4.79 Å². The normalized spacial score (nSPS) is 55.3. The SMILES string of the molecule is C[C@@H]1C2=C3CC[C@@H]4[C@@]5(C)C[C@@H](O)[C@H](O)C(C)(C)[C@@H]5CC[C@@]4(C)[C@]3(C)CC[C@@]2(C(=O)O)CC[C@]1(C)O. The van der Waals surface area contributed by atoms with Crippen LogP contribution in [0.5, 0.6) is 0 Å². The molecule has 5 nitrogen and oxygen atoms in total. The van der Waals surface area contributed by atoms with E-state index in [-0.39, 0.29) is 27.6 Å². The van der Waals surface area contributed by atoms with Gasteiger partial charge in [0.1, 0.15) is 0 Å². The van der Waals surface area contributed by atoms with Gasteiger partial charge in [0.25, 0.3) is 0 Å². The Morgan fingerprint density at radius 1 is 0.886 bits per heavy atom. The first kappa shape index (κ1) is 25.7. The molecule has 0 aromatic rings. The molecule has 5 rings (SSSR count). The molecular formula is C30H48O5. The van der Waals surface area contributed by atoms with Gasteiger partial charge in [-0.1, -0.05) is 47.1 Å². The van der Waals surface area contributed by atoms with Gasteiger partial charge in [0.15, 0.2) is 0 Å². The van der Waals surface area contributed by atoms with Gasteiger partial charge in [0, 0.05) is 5.92 Å². The van der Waals surface area contributed by atoms with Crippen LogP contribution in [0.25, 0.3) is 0 Å². The number of fused-ring (bicyclic) bond motifs is 6. The summed E-state index contributed by atoms with van der Waals surface area (Å²) in [5.41, 5.74) is 0.114. The molecule has 35 heavy (non-hydrogen) atoms. The number of hydrogen-bond acceptors (Lipinski definition) is 4. The maximum atomic E-state index is 12.8. The molecule has 4 N–H and O–H groups in total. The van der Waals surface area contributed by atoms with E-state index in [1.165, 1.54) is 5.57 Å². The Hall–Kier alpha value is -0.910. The summed E-state index contributed by atoms with van der Waals surface area (Å²) in [6.45, 7) is 15.4. The van der Waals surface area contributed by atoms with Crippen LogP contribution in [0.1, 0.15) is 106 Å². The van der Waals surface area contributed by atoms with Crippen molar-refractivity contribution in [1.82, 2.24) is 0 Å². The largest absolute Gasteiger partial charge is 0.481 e. The molecule has 0 aromatic heterocycles. The number of aliphatic hydroxyl groups excluding tert-OH is 2. The van der Waals surface area contributed by atoms with Gasteiger partial charge in [-0.2, -0.15) is 0 Å². The molecule has 0 unspecified atom stereocenters. The predicted octanol–water partition coefficient (Wildman–Crippen LogP) is 5.32. The van der Waals surface area contributed by atoms with E-state index in [4.69, 9.17) is 0 Å². The van der Waals surface area contributed by atoms with E-state index in [9.17, 15) is 25.2 Å². The lowest BCUT2D eigenvalue weighted by atomic mass is 9.33. The molecule has 5 aliphatic rings. The lowest BCUT2D eigenvalue weighted by Crippen LogP contribution is -2.67. The molecule has 5 heteroatoms. The average molecular weight is 489 g/mol. The number of hydrogen-bond donors (Lipinski definition) is 4. The van der Waals surface area contributed by atoms with E-state index in [1.54, 1.807) is 0 Å². The van der Waals surface area contributed by atoms with Crippen LogP contribution < -0.4 is 0 Å². The highest BCUT2D eigenvalue weighted by Crippen LogP contribution is 2.75. The number of carbonyl (C=O) groups is 1. The Balaban J connectivity index is 1.65. The number of allylic oxidation sites excluding steroid dienone is 1. The molecule has 0 amide bonds. The number of aliphatic carboxylic acids is 1. The number of carboxylic acid groups (broad SMARTS) is 1. The van der Waals surface area contributed by atoms with Crippen LogP contribution in [0.15, 0.2) is 11.1 Å². The van der Waals surface area contributed by atoms with Crippen molar-refractivity contribution in [2.24, 2.45) is 44.8 Å². The number of rotatable bonds is 1. The molecule has 0 bridgehead atoms. The smallest absolute Gasteiger partial charge is 0.313 e. The van der Waals surface area contributed by atoms with Gasteiger partial charge in [-0.05, 0) is 104 Å². The first-order valence-corrected chi connectivity index (χ1v) is 14.0. The first-order valence-electron chi connectivity index (χ1n) is 14.0. The highest BCUT2D eigenvalue weighted by atomic mass is 16.4. The molecule has 5 aliphatic carbocycles. The number of aliphatic hydroxyl groups is 3. The minimum Gasteiger partial charge on any atom is -0.481 e. The summed E-state index contributed by atoms with van der Waals surface area (Å²) in [7, 11) is 0. The summed E-state index contributed by atoms with van der Waals surface area (Å²) in [5.74, 6) is -0.125. The summed E-state index contributed by atoms with van der Waals surface area (Å²) in [6.07, 6.45) is 5.74. The van der Waals surface area contributed by atoms with Gasteiger partial charge in [-0.25, -0.2) is 0 Å². The maximum absolute atomic E-state index is 12.8. The standard InChI is InChI=1S/C30H48O5/c1-17-22-18-8-9-21-26(4)16-19(31)23(32)25(2,3)20(26)10-11-28(21,6)27(18,5)12-14-30(22,24(33)34)15-13-29(17,7)35/h17,19-21,23,31-32,35H,8-16H2,1-7H3,(H,33,34)/t17-,19-,20+,21-,23+,26+,27-,28-,29+,30-/m1/s1. The van der Waals surface area contributed by atoms with E-state index < -0.39 is 29.2 Å². The van der Waals surface area contributed by atoms with Crippen molar-refractivity contribution in [3.63, 3.8) is 0 Å². The Kier molecular flexibility index (Phi) is 5.40. The monoisotopic (exact) mass is 488 g/mol. The van der Waals surface area contributed by atoms with Crippen LogP contribution in [-0.4, -0.2) is 44.2 Å². The van der Waals surface area contributed by atoms with E-state index in [2.05, 4.69) is 41.5 Å². The lowest BCUT2D eigenvalue weighted by molar-refractivity contribution is -0.233. The Labute approximate surface area is 211 Å². The van der Waals surface area contributed by atoms with Gasteiger partial charge < -0.3 is 20.4 Å². The highest BCUT2D eigenvalue weighted by Gasteiger charge is 2.69. The number of carboxylic acids is 1. The highest BCUT2D eigenvalue weighted by molar-refractivity contribution is 5.80. The average Bonchev–Trinajstić information content (AvgIpc) is 2.75. The van der Waals surface area contributed by atoms with Crippen molar-refractivity contribution in [2.75, 3.05) is 0 Å². The quantitative estimate of drug-likeness (QED) is 0.375. The van der Waals surface area contributed by atoms with Crippen LogP contribution in [-0.2, 0) is 4.79 Å². The fourth-order valence-electron chi connectivity index (χ4n) is 10.9.